The number of hydrogen-bond acceptors (Lipinski definition) is 3. The minimum Gasteiger partial charge on any atom is -0.505 e. The number of phenols is 1. The Morgan fingerprint density at radius 2 is 1.82 bits per heavy atom. The molecule has 3 nitrogen and oxygen atoms in total. The minimum atomic E-state index is -4.90. The van der Waals surface area contributed by atoms with E-state index in [4.69, 9.17) is 10.8 Å². The Bertz CT molecular complexity index is 432. The summed E-state index contributed by atoms with van der Waals surface area (Å²) < 4.78 is 67.3. The molecule has 17 heavy (non-hydrogen) atoms. The average molecular weight is 257 g/mol. The summed E-state index contributed by atoms with van der Waals surface area (Å²) in [5.41, 5.74) is 3.79. The van der Waals surface area contributed by atoms with Crippen LogP contribution in [0.25, 0.3) is 0 Å². The maximum atomic E-state index is 13.1. The molecule has 0 amide bonds. The normalized spacial score (nSPS) is 13.6. The van der Waals surface area contributed by atoms with Gasteiger partial charge >= 0.3 is 6.18 Å². The molecule has 0 bridgehead atoms. The van der Waals surface area contributed by atoms with Crippen molar-refractivity contribution in [3.8, 4) is 11.5 Å². The quantitative estimate of drug-likeness (QED) is 0.799. The predicted molar refractivity (Wildman–Crippen MR) is 47.6 cm³/mol. The molecular formula is C9H8F5NO2. The standard InChI is InChI=1S/C9H8F5NO2/c1-17-4-2-3(8(15)9(12,13)14)7(16)6(11)5(4)10/h2,8,16H,15H2,1H3/t8-/m0/s1. The number of aromatic hydroxyl groups is 1. The molecule has 0 unspecified atom stereocenters. The van der Waals surface area contributed by atoms with Crippen LogP contribution in [0.3, 0.4) is 0 Å². The van der Waals surface area contributed by atoms with Gasteiger partial charge in [0.1, 0.15) is 6.04 Å². The molecule has 1 rings (SSSR count). The number of benzene rings is 1. The third-order valence-electron chi connectivity index (χ3n) is 2.08. The maximum absolute atomic E-state index is 13.1. The van der Waals surface area contributed by atoms with Gasteiger partial charge in [0.15, 0.2) is 11.5 Å². The zero-order valence-electron chi connectivity index (χ0n) is 8.48. The molecule has 8 heteroatoms. The van der Waals surface area contributed by atoms with Gasteiger partial charge in [0.25, 0.3) is 0 Å². The van der Waals surface area contributed by atoms with Crippen molar-refractivity contribution in [2.45, 2.75) is 12.2 Å². The van der Waals surface area contributed by atoms with Gasteiger partial charge < -0.3 is 15.6 Å². The van der Waals surface area contributed by atoms with E-state index < -0.39 is 40.9 Å². The lowest BCUT2D eigenvalue weighted by Gasteiger charge is -2.18. The molecule has 0 aliphatic heterocycles. The van der Waals surface area contributed by atoms with Crippen LogP contribution in [-0.4, -0.2) is 18.4 Å². The molecule has 0 aliphatic rings. The largest absolute Gasteiger partial charge is 0.505 e. The zero-order valence-corrected chi connectivity index (χ0v) is 8.48. The first-order valence-electron chi connectivity index (χ1n) is 4.27. The van der Waals surface area contributed by atoms with E-state index in [0.717, 1.165) is 7.11 Å². The van der Waals surface area contributed by atoms with Gasteiger partial charge in [-0.15, -0.1) is 0 Å². The number of phenolic OH excluding ortho intramolecular Hbond substituents is 1. The highest BCUT2D eigenvalue weighted by atomic mass is 19.4. The highest BCUT2D eigenvalue weighted by molar-refractivity contribution is 5.44. The molecule has 1 aromatic carbocycles. The number of alkyl halides is 3. The summed E-state index contributed by atoms with van der Waals surface area (Å²) in [6.45, 7) is 0. The molecule has 1 aromatic rings. The van der Waals surface area contributed by atoms with E-state index in [2.05, 4.69) is 4.74 Å². The molecule has 0 aromatic heterocycles. The van der Waals surface area contributed by atoms with E-state index in [0.29, 0.717) is 6.07 Å². The summed E-state index contributed by atoms with van der Waals surface area (Å²) in [7, 11) is 0.942. The molecular weight excluding hydrogens is 249 g/mol. The zero-order chi connectivity index (χ0) is 13.4. The number of ether oxygens (including phenoxy) is 1. The Hall–Kier alpha value is -1.57. The maximum Gasteiger partial charge on any atom is 0.407 e. The smallest absolute Gasteiger partial charge is 0.407 e. The molecule has 0 aliphatic carbocycles. The van der Waals surface area contributed by atoms with Crippen LogP contribution < -0.4 is 10.5 Å². The van der Waals surface area contributed by atoms with Crippen molar-refractivity contribution in [3.05, 3.63) is 23.3 Å². The Morgan fingerprint density at radius 1 is 1.29 bits per heavy atom. The van der Waals surface area contributed by atoms with Gasteiger partial charge in [-0.05, 0) is 6.07 Å². The number of nitrogens with two attached hydrogens (primary N) is 1. The number of halogens is 5. The molecule has 0 saturated heterocycles. The van der Waals surface area contributed by atoms with E-state index in [1.165, 1.54) is 0 Å². The SMILES string of the molecule is COc1cc([C@H](N)C(F)(F)F)c(O)c(F)c1F. The van der Waals surface area contributed by atoms with Crippen LogP contribution >= 0.6 is 0 Å². The number of methoxy groups -OCH3 is 1. The van der Waals surface area contributed by atoms with Crippen LogP contribution in [0.5, 0.6) is 11.5 Å². The van der Waals surface area contributed by atoms with Gasteiger partial charge in [-0.1, -0.05) is 0 Å². The number of hydrogen-bond donors (Lipinski definition) is 2. The Morgan fingerprint density at radius 3 is 2.24 bits per heavy atom. The fourth-order valence-corrected chi connectivity index (χ4v) is 1.17. The van der Waals surface area contributed by atoms with Crippen molar-refractivity contribution < 1.29 is 31.8 Å². The molecule has 0 saturated carbocycles. The van der Waals surface area contributed by atoms with Crippen molar-refractivity contribution in [1.29, 1.82) is 0 Å². The molecule has 0 heterocycles. The van der Waals surface area contributed by atoms with Crippen molar-refractivity contribution in [2.75, 3.05) is 7.11 Å². The summed E-state index contributed by atoms with van der Waals surface area (Å²) in [4.78, 5) is 0. The predicted octanol–water partition coefficient (Wildman–Crippen LogP) is 2.24. The Balaban J connectivity index is 3.40. The van der Waals surface area contributed by atoms with Crippen LogP contribution in [0.2, 0.25) is 0 Å². The van der Waals surface area contributed by atoms with Crippen molar-refractivity contribution >= 4 is 0 Å². The molecule has 0 radical (unpaired) electrons. The van der Waals surface area contributed by atoms with Crippen LogP contribution in [0.4, 0.5) is 22.0 Å². The summed E-state index contributed by atoms with van der Waals surface area (Å²) in [6, 6.07) is -2.13. The van der Waals surface area contributed by atoms with E-state index in [1.54, 1.807) is 0 Å². The average Bonchev–Trinajstić information content (AvgIpc) is 2.24. The van der Waals surface area contributed by atoms with Gasteiger partial charge in [0, 0.05) is 5.56 Å². The minimum absolute atomic E-state index is 0.506. The van der Waals surface area contributed by atoms with Crippen LogP contribution in [0.1, 0.15) is 11.6 Å². The van der Waals surface area contributed by atoms with E-state index in [1.807, 2.05) is 0 Å². The summed E-state index contributed by atoms with van der Waals surface area (Å²) in [5.74, 6) is -5.66. The van der Waals surface area contributed by atoms with E-state index in [-0.39, 0.29) is 0 Å². The van der Waals surface area contributed by atoms with Gasteiger partial charge in [-0.25, -0.2) is 0 Å². The highest BCUT2D eigenvalue weighted by Crippen LogP contribution is 2.39. The second kappa shape index (κ2) is 4.36. The second-order valence-corrected chi connectivity index (χ2v) is 3.16. The van der Waals surface area contributed by atoms with Gasteiger partial charge in [-0.2, -0.15) is 22.0 Å². The third-order valence-corrected chi connectivity index (χ3v) is 2.08. The summed E-state index contributed by atoms with van der Waals surface area (Å²) in [6.07, 6.45) is -4.90. The lowest BCUT2D eigenvalue weighted by molar-refractivity contribution is -0.149. The van der Waals surface area contributed by atoms with Crippen LogP contribution in [0.15, 0.2) is 6.07 Å². The molecule has 1 atom stereocenters. The van der Waals surface area contributed by atoms with Crippen molar-refractivity contribution in [2.24, 2.45) is 5.73 Å². The third kappa shape index (κ3) is 2.41. The summed E-state index contributed by atoms with van der Waals surface area (Å²) in [5, 5.41) is 9.08. The highest BCUT2D eigenvalue weighted by Gasteiger charge is 2.40. The van der Waals surface area contributed by atoms with Gasteiger partial charge in [0.2, 0.25) is 11.6 Å². The lowest BCUT2D eigenvalue weighted by Crippen LogP contribution is -2.28. The summed E-state index contributed by atoms with van der Waals surface area (Å²) >= 11 is 0. The fourth-order valence-electron chi connectivity index (χ4n) is 1.17. The molecule has 3 N–H and O–H groups in total. The van der Waals surface area contributed by atoms with E-state index in [9.17, 15) is 22.0 Å². The van der Waals surface area contributed by atoms with Gasteiger partial charge in [0.05, 0.1) is 7.11 Å². The first kappa shape index (κ1) is 13.5. The van der Waals surface area contributed by atoms with Crippen LogP contribution in [-0.2, 0) is 0 Å². The van der Waals surface area contributed by atoms with E-state index >= 15 is 0 Å². The van der Waals surface area contributed by atoms with Crippen molar-refractivity contribution in [1.82, 2.24) is 0 Å². The lowest BCUT2D eigenvalue weighted by atomic mass is 10.0. The Labute approximate surface area is 92.6 Å². The number of rotatable bonds is 2. The monoisotopic (exact) mass is 257 g/mol. The first-order chi connectivity index (χ1) is 7.70. The molecule has 0 fully saturated rings. The molecule has 0 spiro atoms. The van der Waals surface area contributed by atoms with Gasteiger partial charge in [-0.3, -0.25) is 0 Å². The van der Waals surface area contributed by atoms with Crippen molar-refractivity contribution in [3.63, 3.8) is 0 Å². The first-order valence-corrected chi connectivity index (χ1v) is 4.27. The molecule has 96 valence electrons. The Kier molecular flexibility index (Phi) is 3.46. The topological polar surface area (TPSA) is 55.5 Å². The fraction of sp³-hybridized carbons (Fsp3) is 0.333. The van der Waals surface area contributed by atoms with Crippen LogP contribution in [0, 0.1) is 11.6 Å². The second-order valence-electron chi connectivity index (χ2n) is 3.16.